The van der Waals surface area contributed by atoms with Crippen LogP contribution in [0.2, 0.25) is 0 Å². The van der Waals surface area contributed by atoms with Gasteiger partial charge in [0.2, 0.25) is 0 Å². The van der Waals surface area contributed by atoms with Crippen LogP contribution in [0, 0.1) is 11.8 Å². The van der Waals surface area contributed by atoms with Gasteiger partial charge in [0.1, 0.15) is 0 Å². The molecule has 3 rings (SSSR count). The monoisotopic (exact) mass is 281 g/mol. The summed E-state index contributed by atoms with van der Waals surface area (Å²) in [5.74, 6) is 1.51. The maximum atomic E-state index is 6.27. The summed E-state index contributed by atoms with van der Waals surface area (Å²) in [6, 6.07) is 0.644. The smallest absolute Gasteiger partial charge is 0.0685 e. The van der Waals surface area contributed by atoms with Crippen molar-refractivity contribution in [3.8, 4) is 0 Å². The minimum atomic E-state index is 0.230. The summed E-state index contributed by atoms with van der Waals surface area (Å²) in [5.41, 5.74) is 0.230. The van der Waals surface area contributed by atoms with Crippen molar-refractivity contribution in [3.63, 3.8) is 0 Å². The third-order valence-electron chi connectivity index (χ3n) is 5.72. The van der Waals surface area contributed by atoms with Crippen LogP contribution in [-0.2, 0) is 9.47 Å². The van der Waals surface area contributed by atoms with Crippen LogP contribution >= 0.6 is 0 Å². The van der Waals surface area contributed by atoms with Crippen molar-refractivity contribution in [2.75, 3.05) is 26.4 Å². The van der Waals surface area contributed by atoms with Crippen LogP contribution in [0.3, 0.4) is 0 Å². The second kappa shape index (κ2) is 6.76. The van der Waals surface area contributed by atoms with Crippen molar-refractivity contribution in [2.24, 2.45) is 11.8 Å². The molecule has 2 saturated heterocycles. The van der Waals surface area contributed by atoms with E-state index in [1.807, 2.05) is 0 Å². The predicted molar refractivity (Wildman–Crippen MR) is 80.9 cm³/mol. The van der Waals surface area contributed by atoms with Gasteiger partial charge in [-0.15, -0.1) is 0 Å². The lowest BCUT2D eigenvalue weighted by Crippen LogP contribution is -2.50. The molecule has 0 bridgehead atoms. The second-order valence-corrected chi connectivity index (χ2v) is 7.05. The molecule has 0 aromatic rings. The van der Waals surface area contributed by atoms with Crippen molar-refractivity contribution in [2.45, 2.75) is 69.9 Å². The standard InChI is InChI=1S/C17H31NO2/c1-2-18-16(15-6-10-19-13-15)14-7-11-20-17(12-14)8-4-3-5-9-17/h14-16,18H,2-13H2,1H3. The molecule has 1 saturated carbocycles. The summed E-state index contributed by atoms with van der Waals surface area (Å²) in [6.07, 6.45) is 10.5. The molecule has 2 aliphatic heterocycles. The minimum Gasteiger partial charge on any atom is -0.381 e. The quantitative estimate of drug-likeness (QED) is 0.859. The second-order valence-electron chi connectivity index (χ2n) is 7.05. The zero-order valence-electron chi connectivity index (χ0n) is 13.0. The summed E-state index contributed by atoms with van der Waals surface area (Å²) in [7, 11) is 0. The first-order chi connectivity index (χ1) is 9.83. The van der Waals surface area contributed by atoms with Crippen molar-refractivity contribution >= 4 is 0 Å². The fourth-order valence-corrected chi connectivity index (χ4v) is 4.71. The average molecular weight is 281 g/mol. The number of ether oxygens (including phenoxy) is 2. The minimum absolute atomic E-state index is 0.230. The Bertz CT molecular complexity index is 290. The van der Waals surface area contributed by atoms with Crippen molar-refractivity contribution < 1.29 is 9.47 Å². The number of rotatable bonds is 4. The maximum Gasteiger partial charge on any atom is 0.0685 e. The number of nitrogens with one attached hydrogen (secondary N) is 1. The first-order valence-corrected chi connectivity index (χ1v) is 8.78. The molecule has 1 spiro atoms. The van der Waals surface area contributed by atoms with E-state index >= 15 is 0 Å². The highest BCUT2D eigenvalue weighted by Gasteiger charge is 2.42. The molecule has 3 aliphatic rings. The zero-order chi connectivity index (χ0) is 13.8. The third-order valence-corrected chi connectivity index (χ3v) is 5.72. The molecule has 1 N–H and O–H groups in total. The van der Waals surface area contributed by atoms with E-state index in [1.54, 1.807) is 0 Å². The van der Waals surface area contributed by atoms with Gasteiger partial charge in [0.05, 0.1) is 12.2 Å². The van der Waals surface area contributed by atoms with Gasteiger partial charge in [-0.2, -0.15) is 0 Å². The van der Waals surface area contributed by atoms with Crippen molar-refractivity contribution in [3.05, 3.63) is 0 Å². The molecule has 0 amide bonds. The van der Waals surface area contributed by atoms with Crippen molar-refractivity contribution in [1.29, 1.82) is 0 Å². The zero-order valence-corrected chi connectivity index (χ0v) is 13.0. The molecule has 0 aromatic carbocycles. The summed E-state index contributed by atoms with van der Waals surface area (Å²) in [4.78, 5) is 0. The predicted octanol–water partition coefficient (Wildman–Crippen LogP) is 3.13. The molecule has 1 aliphatic carbocycles. The van der Waals surface area contributed by atoms with E-state index in [2.05, 4.69) is 12.2 Å². The van der Waals surface area contributed by atoms with E-state index in [0.717, 1.165) is 38.2 Å². The highest BCUT2D eigenvalue weighted by Crippen LogP contribution is 2.43. The highest BCUT2D eigenvalue weighted by molar-refractivity contribution is 4.95. The molecule has 0 radical (unpaired) electrons. The molecule has 3 unspecified atom stereocenters. The molecule has 3 nitrogen and oxygen atoms in total. The fraction of sp³-hybridized carbons (Fsp3) is 1.00. The van der Waals surface area contributed by atoms with Crippen LogP contribution in [0.1, 0.15) is 58.3 Å². The molecular weight excluding hydrogens is 250 g/mol. The first-order valence-electron chi connectivity index (χ1n) is 8.78. The SMILES string of the molecule is CCNC(C1CCOC1)C1CCOC2(CCCCC2)C1. The Kier molecular flexibility index (Phi) is 5.00. The van der Waals surface area contributed by atoms with Gasteiger partial charge in [-0.1, -0.05) is 26.2 Å². The molecule has 3 atom stereocenters. The Morgan fingerprint density at radius 2 is 1.90 bits per heavy atom. The molecular formula is C17H31NO2. The largest absolute Gasteiger partial charge is 0.381 e. The average Bonchev–Trinajstić information content (AvgIpc) is 2.99. The Hall–Kier alpha value is -0.120. The lowest BCUT2D eigenvalue weighted by Gasteiger charge is -2.46. The van der Waals surface area contributed by atoms with Gasteiger partial charge < -0.3 is 14.8 Å². The van der Waals surface area contributed by atoms with Gasteiger partial charge in [-0.25, -0.2) is 0 Å². The summed E-state index contributed by atoms with van der Waals surface area (Å²) >= 11 is 0. The topological polar surface area (TPSA) is 30.5 Å². The van der Waals surface area contributed by atoms with Gasteiger partial charge in [0, 0.05) is 25.2 Å². The third kappa shape index (κ3) is 3.20. The Balaban J connectivity index is 1.66. The first kappa shape index (κ1) is 14.8. The number of hydrogen-bond acceptors (Lipinski definition) is 3. The van der Waals surface area contributed by atoms with Gasteiger partial charge in [-0.3, -0.25) is 0 Å². The van der Waals surface area contributed by atoms with Gasteiger partial charge in [0.15, 0.2) is 0 Å². The van der Waals surface area contributed by atoms with E-state index in [-0.39, 0.29) is 5.60 Å². The van der Waals surface area contributed by atoms with Gasteiger partial charge in [-0.05, 0) is 44.6 Å². The van der Waals surface area contributed by atoms with Crippen LogP contribution in [0.15, 0.2) is 0 Å². The molecule has 3 heteroatoms. The van der Waals surface area contributed by atoms with Crippen LogP contribution < -0.4 is 5.32 Å². The maximum absolute atomic E-state index is 6.27. The molecule has 2 heterocycles. The summed E-state index contributed by atoms with van der Waals surface area (Å²) in [5, 5.41) is 3.78. The normalized spacial score (nSPS) is 35.2. The lowest BCUT2D eigenvalue weighted by atomic mass is 9.72. The van der Waals surface area contributed by atoms with E-state index < -0.39 is 0 Å². The summed E-state index contributed by atoms with van der Waals surface area (Å²) in [6.45, 7) is 6.20. The highest BCUT2D eigenvalue weighted by atomic mass is 16.5. The fourth-order valence-electron chi connectivity index (χ4n) is 4.71. The van der Waals surface area contributed by atoms with Crippen LogP contribution in [0.5, 0.6) is 0 Å². The Morgan fingerprint density at radius 3 is 2.60 bits per heavy atom. The summed E-state index contributed by atoms with van der Waals surface area (Å²) < 4.78 is 11.9. The Labute approximate surface area is 123 Å². The van der Waals surface area contributed by atoms with Gasteiger partial charge in [0.25, 0.3) is 0 Å². The molecule has 116 valence electrons. The van der Waals surface area contributed by atoms with E-state index in [4.69, 9.17) is 9.47 Å². The molecule has 20 heavy (non-hydrogen) atoms. The van der Waals surface area contributed by atoms with E-state index in [9.17, 15) is 0 Å². The van der Waals surface area contributed by atoms with E-state index in [1.165, 1.54) is 51.4 Å². The van der Waals surface area contributed by atoms with Crippen LogP contribution in [0.4, 0.5) is 0 Å². The molecule has 3 fully saturated rings. The van der Waals surface area contributed by atoms with E-state index in [0.29, 0.717) is 6.04 Å². The number of hydrogen-bond donors (Lipinski definition) is 1. The van der Waals surface area contributed by atoms with Crippen LogP contribution in [0.25, 0.3) is 0 Å². The Morgan fingerprint density at radius 1 is 1.10 bits per heavy atom. The lowest BCUT2D eigenvalue weighted by molar-refractivity contribution is -0.124. The van der Waals surface area contributed by atoms with Gasteiger partial charge >= 0.3 is 0 Å². The van der Waals surface area contributed by atoms with Crippen molar-refractivity contribution in [1.82, 2.24) is 5.32 Å². The molecule has 0 aromatic heterocycles. The van der Waals surface area contributed by atoms with Crippen LogP contribution in [-0.4, -0.2) is 38.0 Å².